The highest BCUT2D eigenvalue weighted by Crippen LogP contribution is 2.14. The minimum Gasteiger partial charge on any atom is -0.345 e. The molecule has 2 aromatic carbocycles. The highest BCUT2D eigenvalue weighted by Gasteiger charge is 2.06. The van der Waals surface area contributed by atoms with Gasteiger partial charge in [0.1, 0.15) is 5.82 Å². The minimum absolute atomic E-state index is 0.252. The molecule has 25 heavy (non-hydrogen) atoms. The summed E-state index contributed by atoms with van der Waals surface area (Å²) in [6, 6.07) is 17.4. The van der Waals surface area contributed by atoms with E-state index in [4.69, 9.17) is 0 Å². The number of amides is 2. The zero-order valence-corrected chi connectivity index (χ0v) is 15.0. The number of halogens is 2. The number of benzene rings is 2. The van der Waals surface area contributed by atoms with Crippen LogP contribution in [0.2, 0.25) is 0 Å². The summed E-state index contributed by atoms with van der Waals surface area (Å²) in [5.74, 6) is -0.252. The van der Waals surface area contributed by atoms with Gasteiger partial charge in [0.2, 0.25) is 0 Å². The van der Waals surface area contributed by atoms with Gasteiger partial charge in [0.05, 0.1) is 6.54 Å². The molecule has 0 atom stereocenters. The molecule has 6 heteroatoms. The predicted octanol–water partition coefficient (Wildman–Crippen LogP) is 4.76. The lowest BCUT2D eigenvalue weighted by Crippen LogP contribution is -2.29. The summed E-state index contributed by atoms with van der Waals surface area (Å²) in [5.41, 5.74) is 2.53. The molecule has 0 radical (unpaired) electrons. The topological polar surface area (TPSA) is 46.1 Å². The van der Waals surface area contributed by atoms with Gasteiger partial charge in [0, 0.05) is 28.6 Å². The van der Waals surface area contributed by atoms with E-state index in [0.717, 1.165) is 21.4 Å². The molecule has 3 aromatic rings. The van der Waals surface area contributed by atoms with Crippen molar-refractivity contribution in [2.45, 2.75) is 13.1 Å². The Labute approximate surface area is 153 Å². The Morgan fingerprint density at radius 1 is 1.08 bits per heavy atom. The molecule has 0 aliphatic rings. The number of rotatable bonds is 5. The fourth-order valence-electron chi connectivity index (χ4n) is 2.48. The summed E-state index contributed by atoms with van der Waals surface area (Å²) in [7, 11) is 0. The van der Waals surface area contributed by atoms with Gasteiger partial charge in [-0.05, 0) is 54.1 Å². The van der Waals surface area contributed by atoms with Crippen molar-refractivity contribution < 1.29 is 9.18 Å². The van der Waals surface area contributed by atoms with Crippen molar-refractivity contribution in [3.63, 3.8) is 0 Å². The van der Waals surface area contributed by atoms with Crippen molar-refractivity contribution in [2.24, 2.45) is 0 Å². The van der Waals surface area contributed by atoms with E-state index in [9.17, 15) is 9.18 Å². The second kappa shape index (κ2) is 7.98. The van der Waals surface area contributed by atoms with Crippen molar-refractivity contribution in [3.8, 4) is 0 Å². The van der Waals surface area contributed by atoms with Gasteiger partial charge in [-0.1, -0.05) is 28.1 Å². The third kappa shape index (κ3) is 4.93. The van der Waals surface area contributed by atoms with Gasteiger partial charge in [0.15, 0.2) is 0 Å². The molecule has 3 rings (SSSR count). The lowest BCUT2D eigenvalue weighted by molar-refractivity contribution is 0.251. The Hall–Kier alpha value is -2.60. The van der Waals surface area contributed by atoms with E-state index in [1.54, 1.807) is 6.07 Å². The molecular weight excluding hydrogens is 385 g/mol. The largest absolute Gasteiger partial charge is 0.345 e. The second-order valence-electron chi connectivity index (χ2n) is 5.57. The van der Waals surface area contributed by atoms with Crippen LogP contribution in [0.25, 0.3) is 0 Å². The van der Waals surface area contributed by atoms with Gasteiger partial charge in [-0.2, -0.15) is 0 Å². The van der Waals surface area contributed by atoms with E-state index in [2.05, 4.69) is 26.6 Å². The summed E-state index contributed by atoms with van der Waals surface area (Å²) in [6.07, 6.45) is 1.91. The average molecular weight is 402 g/mol. The van der Waals surface area contributed by atoms with Crippen LogP contribution in [0.4, 0.5) is 14.9 Å². The lowest BCUT2D eigenvalue weighted by atomic mass is 10.2. The van der Waals surface area contributed by atoms with Crippen LogP contribution in [0.1, 0.15) is 11.3 Å². The normalized spacial score (nSPS) is 10.5. The Bertz CT molecular complexity index is 861. The minimum atomic E-state index is -0.277. The van der Waals surface area contributed by atoms with Gasteiger partial charge in [-0.25, -0.2) is 9.18 Å². The molecule has 2 amide bonds. The number of urea groups is 1. The first-order valence-corrected chi connectivity index (χ1v) is 8.58. The molecule has 0 aliphatic carbocycles. The molecule has 0 spiro atoms. The fourth-order valence-corrected chi connectivity index (χ4v) is 2.74. The zero-order chi connectivity index (χ0) is 17.6. The third-order valence-electron chi connectivity index (χ3n) is 3.70. The standard InChI is InChI=1S/C19H17BrFN3O/c20-15-6-8-17(9-7-15)23-19(25)22-12-18-5-2-10-24(18)13-14-3-1-4-16(21)11-14/h1-11H,12-13H2,(H2,22,23,25). The van der Waals surface area contributed by atoms with Crippen LogP contribution in [-0.4, -0.2) is 10.6 Å². The Morgan fingerprint density at radius 3 is 2.64 bits per heavy atom. The smallest absolute Gasteiger partial charge is 0.319 e. The molecule has 2 N–H and O–H groups in total. The highest BCUT2D eigenvalue weighted by molar-refractivity contribution is 9.10. The number of aromatic nitrogens is 1. The first-order chi connectivity index (χ1) is 12.1. The maximum Gasteiger partial charge on any atom is 0.319 e. The van der Waals surface area contributed by atoms with Crippen molar-refractivity contribution in [2.75, 3.05) is 5.32 Å². The summed E-state index contributed by atoms with van der Waals surface area (Å²) >= 11 is 3.35. The summed E-state index contributed by atoms with van der Waals surface area (Å²) in [5, 5.41) is 5.61. The van der Waals surface area contributed by atoms with Crippen LogP contribution in [0.5, 0.6) is 0 Å². The van der Waals surface area contributed by atoms with Gasteiger partial charge in [-0.3, -0.25) is 0 Å². The van der Waals surface area contributed by atoms with Crippen LogP contribution in [-0.2, 0) is 13.1 Å². The zero-order valence-electron chi connectivity index (χ0n) is 13.4. The molecule has 0 saturated carbocycles. The molecule has 0 fully saturated rings. The van der Waals surface area contributed by atoms with Gasteiger partial charge >= 0.3 is 6.03 Å². The molecule has 0 unspecified atom stereocenters. The van der Waals surface area contributed by atoms with Crippen molar-refractivity contribution >= 4 is 27.6 Å². The number of nitrogens with one attached hydrogen (secondary N) is 2. The Balaban J connectivity index is 1.57. The number of anilines is 1. The van der Waals surface area contributed by atoms with Gasteiger partial charge in [0.25, 0.3) is 0 Å². The van der Waals surface area contributed by atoms with E-state index in [1.807, 2.05) is 53.2 Å². The van der Waals surface area contributed by atoms with Crippen LogP contribution in [0, 0.1) is 5.82 Å². The van der Waals surface area contributed by atoms with Crippen LogP contribution >= 0.6 is 15.9 Å². The van der Waals surface area contributed by atoms with Crippen LogP contribution < -0.4 is 10.6 Å². The maximum absolute atomic E-state index is 13.3. The summed E-state index contributed by atoms with van der Waals surface area (Å²) in [4.78, 5) is 12.0. The molecule has 128 valence electrons. The monoisotopic (exact) mass is 401 g/mol. The fraction of sp³-hybridized carbons (Fsp3) is 0.105. The SMILES string of the molecule is O=C(NCc1cccn1Cc1cccc(F)c1)Nc1ccc(Br)cc1. The average Bonchev–Trinajstić information content (AvgIpc) is 3.02. The molecule has 4 nitrogen and oxygen atoms in total. The molecule has 0 aliphatic heterocycles. The van der Waals surface area contributed by atoms with Gasteiger partial charge < -0.3 is 15.2 Å². The van der Waals surface area contributed by atoms with Gasteiger partial charge in [-0.15, -0.1) is 0 Å². The van der Waals surface area contributed by atoms with E-state index < -0.39 is 0 Å². The quantitative estimate of drug-likeness (QED) is 0.635. The third-order valence-corrected chi connectivity index (χ3v) is 4.23. The number of nitrogens with zero attached hydrogens (tertiary/aromatic N) is 1. The first-order valence-electron chi connectivity index (χ1n) is 7.79. The van der Waals surface area contributed by atoms with Crippen molar-refractivity contribution in [1.82, 2.24) is 9.88 Å². The highest BCUT2D eigenvalue weighted by atomic mass is 79.9. The maximum atomic E-state index is 13.3. The van der Waals surface area contributed by atoms with E-state index in [0.29, 0.717) is 13.1 Å². The second-order valence-corrected chi connectivity index (χ2v) is 6.49. The first kappa shape index (κ1) is 17.2. The lowest BCUT2D eigenvalue weighted by Gasteiger charge is -2.11. The molecule has 1 heterocycles. The van der Waals surface area contributed by atoms with Crippen molar-refractivity contribution in [1.29, 1.82) is 0 Å². The molecule has 0 saturated heterocycles. The summed E-state index contributed by atoms with van der Waals surface area (Å²) in [6.45, 7) is 0.931. The molecular formula is C19H17BrFN3O. The van der Waals surface area contributed by atoms with E-state index >= 15 is 0 Å². The number of hydrogen-bond donors (Lipinski definition) is 2. The predicted molar refractivity (Wildman–Crippen MR) is 99.9 cm³/mol. The molecule has 1 aromatic heterocycles. The summed E-state index contributed by atoms with van der Waals surface area (Å²) < 4.78 is 16.2. The van der Waals surface area contributed by atoms with Crippen LogP contribution in [0.3, 0.4) is 0 Å². The molecule has 0 bridgehead atoms. The Kier molecular flexibility index (Phi) is 5.50. The van der Waals surface area contributed by atoms with E-state index in [1.165, 1.54) is 12.1 Å². The van der Waals surface area contributed by atoms with E-state index in [-0.39, 0.29) is 11.8 Å². The number of carbonyl (C=O) groups excluding carboxylic acids is 1. The number of carbonyl (C=O) groups is 1. The van der Waals surface area contributed by atoms with Crippen molar-refractivity contribution in [3.05, 3.63) is 88.4 Å². The van der Waals surface area contributed by atoms with Crippen LogP contribution in [0.15, 0.2) is 71.3 Å². The number of hydrogen-bond acceptors (Lipinski definition) is 1. The Morgan fingerprint density at radius 2 is 1.88 bits per heavy atom.